The molecular weight excluding hydrogens is 193 g/mol. The van der Waals surface area contributed by atoms with Gasteiger partial charge in [0.2, 0.25) is 6.08 Å². The maximum absolute atomic E-state index is 10.3. The monoisotopic (exact) mass is 207 g/mol. The van der Waals surface area contributed by atoms with Crippen LogP contribution in [0.4, 0.5) is 0 Å². The van der Waals surface area contributed by atoms with Crippen LogP contribution in [0.15, 0.2) is 4.99 Å². The Labute approximate surface area is 106 Å². The van der Waals surface area contributed by atoms with Gasteiger partial charge in [0.1, 0.15) is 0 Å². The van der Waals surface area contributed by atoms with Gasteiger partial charge in [-0.1, -0.05) is 13.8 Å². The SMILES string of the molecule is CC(C)C[C@H](CN=C=O)CC(=O)[O-].[Na+]. The molecule has 0 N–H and O–H groups in total. The van der Waals surface area contributed by atoms with E-state index in [4.69, 9.17) is 0 Å². The van der Waals surface area contributed by atoms with Gasteiger partial charge < -0.3 is 9.90 Å². The van der Waals surface area contributed by atoms with Crippen molar-refractivity contribution < 1.29 is 44.3 Å². The van der Waals surface area contributed by atoms with Crippen LogP contribution in [-0.4, -0.2) is 18.6 Å². The third-order valence-corrected chi connectivity index (χ3v) is 1.67. The molecule has 0 aliphatic rings. The standard InChI is InChI=1S/C9H15NO3.Na/c1-7(2)3-8(4-9(12)13)5-10-6-11;/h7-8H,3-5H2,1-2H3,(H,12,13);/q;+1/p-1/t8-;/m0./s1. The number of aliphatic carboxylic acids is 1. The Morgan fingerprint density at radius 3 is 2.43 bits per heavy atom. The van der Waals surface area contributed by atoms with Crippen molar-refractivity contribution in [3.8, 4) is 0 Å². The van der Waals surface area contributed by atoms with Crippen molar-refractivity contribution in [2.75, 3.05) is 6.54 Å². The summed E-state index contributed by atoms with van der Waals surface area (Å²) in [6.45, 7) is 4.22. The minimum Gasteiger partial charge on any atom is -0.550 e. The Bertz CT molecular complexity index is 208. The van der Waals surface area contributed by atoms with Crippen LogP contribution in [0, 0.1) is 11.8 Å². The molecule has 5 heteroatoms. The number of isocyanates is 1. The van der Waals surface area contributed by atoms with Gasteiger partial charge in [0.15, 0.2) is 0 Å². The average Bonchev–Trinajstić information content (AvgIpc) is 1.98. The molecule has 0 aromatic heterocycles. The topological polar surface area (TPSA) is 69.6 Å². The van der Waals surface area contributed by atoms with E-state index in [1.165, 1.54) is 6.08 Å². The summed E-state index contributed by atoms with van der Waals surface area (Å²) < 4.78 is 0. The molecule has 0 aliphatic heterocycles. The minimum absolute atomic E-state index is 0. The molecule has 0 unspecified atom stereocenters. The molecule has 0 amide bonds. The molecule has 1 atom stereocenters. The maximum atomic E-state index is 10.3. The van der Waals surface area contributed by atoms with E-state index in [-0.39, 0.29) is 48.4 Å². The van der Waals surface area contributed by atoms with Crippen molar-refractivity contribution in [2.45, 2.75) is 26.7 Å². The molecule has 0 saturated carbocycles. The number of hydrogen-bond donors (Lipinski definition) is 0. The molecule has 0 spiro atoms. The van der Waals surface area contributed by atoms with Gasteiger partial charge in [-0.25, -0.2) is 9.79 Å². The molecule has 0 radical (unpaired) electrons. The Hall–Kier alpha value is -0.150. The van der Waals surface area contributed by atoms with Crippen molar-refractivity contribution in [3.63, 3.8) is 0 Å². The number of carbonyl (C=O) groups excluding carboxylic acids is 2. The third kappa shape index (κ3) is 9.93. The maximum Gasteiger partial charge on any atom is 1.00 e. The molecule has 14 heavy (non-hydrogen) atoms. The van der Waals surface area contributed by atoms with Gasteiger partial charge in [0, 0.05) is 5.97 Å². The number of rotatable bonds is 6. The van der Waals surface area contributed by atoms with Gasteiger partial charge in [-0.3, -0.25) is 0 Å². The Morgan fingerprint density at radius 1 is 1.50 bits per heavy atom. The van der Waals surface area contributed by atoms with Crippen molar-refractivity contribution >= 4 is 12.0 Å². The number of aliphatic imine (C=N–C) groups is 1. The second kappa shape index (κ2) is 9.41. The van der Waals surface area contributed by atoms with Crippen LogP contribution in [0.3, 0.4) is 0 Å². The number of nitrogens with zero attached hydrogens (tertiary/aromatic N) is 1. The molecule has 0 bridgehead atoms. The summed E-state index contributed by atoms with van der Waals surface area (Å²) in [5.41, 5.74) is 0. The van der Waals surface area contributed by atoms with E-state index in [0.29, 0.717) is 5.92 Å². The van der Waals surface area contributed by atoms with Gasteiger partial charge in [-0.15, -0.1) is 0 Å². The quantitative estimate of drug-likeness (QED) is 0.267. The number of carboxylic acids is 1. The van der Waals surface area contributed by atoms with E-state index in [2.05, 4.69) is 4.99 Å². The van der Waals surface area contributed by atoms with E-state index in [0.717, 1.165) is 6.42 Å². The van der Waals surface area contributed by atoms with Gasteiger partial charge in [-0.2, -0.15) is 0 Å². The molecule has 0 fully saturated rings. The summed E-state index contributed by atoms with van der Waals surface area (Å²) in [5.74, 6) is -0.801. The molecule has 4 nitrogen and oxygen atoms in total. The second-order valence-corrected chi connectivity index (χ2v) is 3.50. The van der Waals surface area contributed by atoms with Crippen molar-refractivity contribution in [1.29, 1.82) is 0 Å². The first kappa shape index (κ1) is 16.3. The number of hydrogen-bond acceptors (Lipinski definition) is 4. The molecule has 0 rings (SSSR count). The molecule has 0 aromatic carbocycles. The first-order chi connectivity index (χ1) is 6.06. The van der Waals surface area contributed by atoms with Gasteiger partial charge in [0.05, 0.1) is 6.54 Å². The van der Waals surface area contributed by atoms with Gasteiger partial charge >= 0.3 is 29.6 Å². The van der Waals surface area contributed by atoms with Crippen molar-refractivity contribution in [1.82, 2.24) is 0 Å². The fourth-order valence-electron chi connectivity index (χ4n) is 1.29. The van der Waals surface area contributed by atoms with E-state index in [1.807, 2.05) is 13.8 Å². The fraction of sp³-hybridized carbons (Fsp3) is 0.778. The van der Waals surface area contributed by atoms with Crippen LogP contribution >= 0.6 is 0 Å². The minimum atomic E-state index is -1.09. The molecule has 0 aromatic rings. The molecule has 0 saturated heterocycles. The van der Waals surface area contributed by atoms with E-state index < -0.39 is 5.97 Å². The zero-order valence-electron chi connectivity index (χ0n) is 8.95. The Kier molecular flexibility index (Phi) is 10.9. The number of carboxylic acid groups (broad SMARTS) is 1. The van der Waals surface area contributed by atoms with Crippen molar-refractivity contribution in [3.05, 3.63) is 0 Å². The molecule has 0 heterocycles. The van der Waals surface area contributed by atoms with Crippen LogP contribution in [0.5, 0.6) is 0 Å². The van der Waals surface area contributed by atoms with Crippen LogP contribution < -0.4 is 34.7 Å². The number of carbonyl (C=O) groups is 1. The Morgan fingerprint density at radius 2 is 2.07 bits per heavy atom. The second-order valence-electron chi connectivity index (χ2n) is 3.50. The zero-order valence-corrected chi connectivity index (χ0v) is 10.9. The zero-order chi connectivity index (χ0) is 10.3. The van der Waals surface area contributed by atoms with Crippen LogP contribution in [0.2, 0.25) is 0 Å². The van der Waals surface area contributed by atoms with Crippen LogP contribution in [-0.2, 0) is 9.59 Å². The van der Waals surface area contributed by atoms with E-state index >= 15 is 0 Å². The predicted molar refractivity (Wildman–Crippen MR) is 45.6 cm³/mol. The summed E-state index contributed by atoms with van der Waals surface area (Å²) in [7, 11) is 0. The molecule has 0 aliphatic carbocycles. The Balaban J connectivity index is 0. The summed E-state index contributed by atoms with van der Waals surface area (Å²) in [4.78, 5) is 23.5. The van der Waals surface area contributed by atoms with Crippen LogP contribution in [0.25, 0.3) is 0 Å². The predicted octanol–water partition coefficient (Wildman–Crippen LogP) is -2.87. The first-order valence-corrected chi connectivity index (χ1v) is 4.29. The first-order valence-electron chi connectivity index (χ1n) is 4.29. The largest absolute Gasteiger partial charge is 1.00 e. The smallest absolute Gasteiger partial charge is 0.550 e. The normalized spacial score (nSPS) is 11.4. The average molecular weight is 207 g/mol. The summed E-state index contributed by atoms with van der Waals surface area (Å²) in [5, 5.41) is 10.3. The third-order valence-electron chi connectivity index (χ3n) is 1.67. The van der Waals surface area contributed by atoms with E-state index in [9.17, 15) is 14.7 Å². The molecule has 74 valence electrons. The summed E-state index contributed by atoms with van der Waals surface area (Å²) >= 11 is 0. The summed E-state index contributed by atoms with van der Waals surface area (Å²) in [6, 6.07) is 0. The van der Waals surface area contributed by atoms with Crippen LogP contribution in [0.1, 0.15) is 26.7 Å². The molecular formula is C9H14NNaO3. The van der Waals surface area contributed by atoms with E-state index in [1.54, 1.807) is 0 Å². The van der Waals surface area contributed by atoms with Gasteiger partial charge in [-0.05, 0) is 24.7 Å². The fourth-order valence-corrected chi connectivity index (χ4v) is 1.29. The van der Waals surface area contributed by atoms with Crippen molar-refractivity contribution in [2.24, 2.45) is 16.8 Å². The van der Waals surface area contributed by atoms with Gasteiger partial charge in [0.25, 0.3) is 0 Å². The summed E-state index contributed by atoms with van der Waals surface area (Å²) in [6.07, 6.45) is 2.10.